The van der Waals surface area contributed by atoms with Gasteiger partial charge in [0.25, 0.3) is 5.56 Å². The molecular formula is C24H24ClN3O3S. The quantitative estimate of drug-likeness (QED) is 0.270. The lowest BCUT2D eigenvalue weighted by Crippen LogP contribution is -2.24. The average molecular weight is 470 g/mol. The van der Waals surface area contributed by atoms with Gasteiger partial charge in [0.2, 0.25) is 11.5 Å². The van der Waals surface area contributed by atoms with Crippen LogP contribution in [0.1, 0.15) is 25.8 Å². The van der Waals surface area contributed by atoms with Gasteiger partial charge in [0.05, 0.1) is 16.5 Å². The van der Waals surface area contributed by atoms with Gasteiger partial charge in [-0.15, -0.1) is 0 Å². The number of nitrogens with zero attached hydrogens (tertiary/aromatic N) is 2. The first-order chi connectivity index (χ1) is 15.3. The Balaban J connectivity index is 1.64. The number of carbonyl (C=O) groups excluding carboxylic acids is 1. The first kappa shape index (κ1) is 22.4. The Hall–Kier alpha value is -2.77. The Kier molecular flexibility index (Phi) is 6.58. The zero-order valence-corrected chi connectivity index (χ0v) is 19.7. The van der Waals surface area contributed by atoms with Crippen molar-refractivity contribution in [1.82, 2.24) is 9.55 Å². The van der Waals surface area contributed by atoms with Crippen molar-refractivity contribution >= 4 is 57.0 Å². The lowest BCUT2D eigenvalue weighted by atomic mass is 10.1. The first-order valence-electron chi connectivity index (χ1n) is 10.4. The third kappa shape index (κ3) is 4.69. The molecule has 0 aliphatic heterocycles. The van der Waals surface area contributed by atoms with E-state index in [0.717, 1.165) is 17.4 Å². The normalized spacial score (nSPS) is 11.5. The minimum Gasteiger partial charge on any atom is -0.448 e. The highest BCUT2D eigenvalue weighted by molar-refractivity contribution is 7.99. The molecule has 0 radical (unpaired) electrons. The highest BCUT2D eigenvalue weighted by Gasteiger charge is 2.19. The van der Waals surface area contributed by atoms with E-state index in [9.17, 15) is 9.59 Å². The van der Waals surface area contributed by atoms with Crippen LogP contribution < -0.4 is 10.9 Å². The molecule has 0 spiro atoms. The van der Waals surface area contributed by atoms with E-state index in [0.29, 0.717) is 39.4 Å². The van der Waals surface area contributed by atoms with Crippen LogP contribution in [0.3, 0.4) is 0 Å². The van der Waals surface area contributed by atoms with Crippen LogP contribution in [0.4, 0.5) is 5.69 Å². The number of amides is 1. The highest BCUT2D eigenvalue weighted by atomic mass is 35.5. The van der Waals surface area contributed by atoms with Gasteiger partial charge in [-0.3, -0.25) is 14.2 Å². The maximum atomic E-state index is 13.2. The third-order valence-corrected chi connectivity index (χ3v) is 6.40. The summed E-state index contributed by atoms with van der Waals surface area (Å²) in [4.78, 5) is 30.6. The van der Waals surface area contributed by atoms with E-state index in [1.165, 1.54) is 11.8 Å². The number of furan rings is 1. The first-order valence-corrected chi connectivity index (χ1v) is 11.8. The topological polar surface area (TPSA) is 77.1 Å². The molecule has 0 aliphatic carbocycles. The molecule has 2 aromatic heterocycles. The van der Waals surface area contributed by atoms with Gasteiger partial charge < -0.3 is 9.73 Å². The molecule has 166 valence electrons. The number of anilines is 1. The molecule has 6 nitrogen and oxygen atoms in total. The number of aryl methyl sites for hydroxylation is 1. The number of hydrogen-bond acceptors (Lipinski definition) is 5. The van der Waals surface area contributed by atoms with Gasteiger partial charge in [-0.05, 0) is 49.1 Å². The summed E-state index contributed by atoms with van der Waals surface area (Å²) >= 11 is 7.46. The van der Waals surface area contributed by atoms with Crippen LogP contribution in [0.2, 0.25) is 5.02 Å². The molecule has 2 heterocycles. The zero-order valence-electron chi connectivity index (χ0n) is 18.1. The van der Waals surface area contributed by atoms with Crippen molar-refractivity contribution in [3.63, 3.8) is 0 Å². The SMILES string of the molecule is Cc1ccc(NC(=O)CSc2nc3c(oc4ccccc43)c(=O)n2CCC(C)C)c(Cl)c1. The van der Waals surface area contributed by atoms with Crippen LogP contribution in [0, 0.1) is 12.8 Å². The molecule has 4 rings (SSSR count). The molecule has 2 aromatic carbocycles. The molecule has 0 saturated heterocycles. The summed E-state index contributed by atoms with van der Waals surface area (Å²) in [5.41, 5.74) is 2.74. The van der Waals surface area contributed by atoms with Gasteiger partial charge in [0, 0.05) is 11.9 Å². The number of hydrogen-bond donors (Lipinski definition) is 1. The van der Waals surface area contributed by atoms with Crippen LogP contribution in [0.5, 0.6) is 0 Å². The van der Waals surface area contributed by atoms with E-state index in [4.69, 9.17) is 21.0 Å². The van der Waals surface area contributed by atoms with Gasteiger partial charge in [0.1, 0.15) is 11.1 Å². The van der Waals surface area contributed by atoms with Gasteiger partial charge in [-0.25, -0.2) is 4.98 Å². The van der Waals surface area contributed by atoms with E-state index < -0.39 is 0 Å². The van der Waals surface area contributed by atoms with E-state index in [2.05, 4.69) is 19.2 Å². The van der Waals surface area contributed by atoms with Crippen molar-refractivity contribution in [2.24, 2.45) is 5.92 Å². The number of aromatic nitrogens is 2. The van der Waals surface area contributed by atoms with E-state index in [1.807, 2.05) is 37.3 Å². The Morgan fingerprint density at radius 3 is 2.78 bits per heavy atom. The van der Waals surface area contributed by atoms with Crippen molar-refractivity contribution in [2.75, 3.05) is 11.1 Å². The molecule has 32 heavy (non-hydrogen) atoms. The molecule has 0 aliphatic rings. The summed E-state index contributed by atoms with van der Waals surface area (Å²) in [7, 11) is 0. The Morgan fingerprint density at radius 2 is 2.03 bits per heavy atom. The number of nitrogens with one attached hydrogen (secondary N) is 1. The summed E-state index contributed by atoms with van der Waals surface area (Å²) in [6, 6.07) is 12.9. The average Bonchev–Trinajstić information content (AvgIpc) is 3.12. The summed E-state index contributed by atoms with van der Waals surface area (Å²) in [5, 5.41) is 4.60. The van der Waals surface area contributed by atoms with E-state index in [-0.39, 0.29) is 22.8 Å². The molecule has 0 fully saturated rings. The number of benzene rings is 2. The predicted molar refractivity (Wildman–Crippen MR) is 131 cm³/mol. The Labute approximate surface area is 195 Å². The molecule has 4 aromatic rings. The fourth-order valence-corrected chi connectivity index (χ4v) is 4.49. The molecule has 1 amide bonds. The second kappa shape index (κ2) is 9.38. The Bertz CT molecular complexity index is 1360. The van der Waals surface area contributed by atoms with Gasteiger partial charge in [-0.2, -0.15) is 0 Å². The smallest absolute Gasteiger partial charge is 0.297 e. The number of para-hydroxylation sites is 1. The van der Waals surface area contributed by atoms with Gasteiger partial charge >= 0.3 is 0 Å². The van der Waals surface area contributed by atoms with Crippen LogP contribution in [0.15, 0.2) is 56.8 Å². The van der Waals surface area contributed by atoms with Crippen molar-refractivity contribution in [2.45, 2.75) is 38.9 Å². The van der Waals surface area contributed by atoms with Crippen LogP contribution in [0.25, 0.3) is 22.1 Å². The minimum atomic E-state index is -0.226. The lowest BCUT2D eigenvalue weighted by Gasteiger charge is -2.13. The van der Waals surface area contributed by atoms with Gasteiger partial charge in [0.15, 0.2) is 5.16 Å². The maximum Gasteiger partial charge on any atom is 0.297 e. The van der Waals surface area contributed by atoms with Crippen molar-refractivity contribution in [1.29, 1.82) is 0 Å². The summed E-state index contributed by atoms with van der Waals surface area (Å²) in [6.07, 6.45) is 0.812. The summed E-state index contributed by atoms with van der Waals surface area (Å²) in [6.45, 7) is 6.64. The van der Waals surface area contributed by atoms with Crippen molar-refractivity contribution in [3.8, 4) is 0 Å². The number of rotatable bonds is 7. The predicted octanol–water partition coefficient (Wildman–Crippen LogP) is 5.88. The Morgan fingerprint density at radius 1 is 1.25 bits per heavy atom. The van der Waals surface area contributed by atoms with Crippen LogP contribution in [-0.4, -0.2) is 21.2 Å². The molecular weight excluding hydrogens is 446 g/mol. The number of fused-ring (bicyclic) bond motifs is 3. The molecule has 0 unspecified atom stereocenters. The lowest BCUT2D eigenvalue weighted by molar-refractivity contribution is -0.113. The largest absolute Gasteiger partial charge is 0.448 e. The summed E-state index contributed by atoms with van der Waals surface area (Å²) in [5.74, 6) is 0.292. The van der Waals surface area contributed by atoms with Crippen LogP contribution >= 0.6 is 23.4 Å². The summed E-state index contributed by atoms with van der Waals surface area (Å²) < 4.78 is 7.43. The second-order valence-electron chi connectivity index (χ2n) is 8.13. The third-order valence-electron chi connectivity index (χ3n) is 5.11. The zero-order chi connectivity index (χ0) is 22.8. The molecule has 0 bridgehead atoms. The van der Waals surface area contributed by atoms with Crippen molar-refractivity contribution in [3.05, 3.63) is 63.4 Å². The standard InChI is InChI=1S/C24H24ClN3O3S/c1-14(2)10-11-28-23(30)22-21(16-6-4-5-7-19(16)31-22)27-24(28)32-13-20(29)26-18-9-8-15(3)12-17(18)25/h4-9,12,14H,10-11,13H2,1-3H3,(H,26,29). The highest BCUT2D eigenvalue weighted by Crippen LogP contribution is 2.28. The van der Waals surface area contributed by atoms with E-state index >= 15 is 0 Å². The van der Waals surface area contributed by atoms with Crippen molar-refractivity contribution < 1.29 is 9.21 Å². The fraction of sp³-hybridized carbons (Fsp3) is 0.292. The fourth-order valence-electron chi connectivity index (χ4n) is 3.39. The maximum absolute atomic E-state index is 13.2. The van der Waals surface area contributed by atoms with Gasteiger partial charge in [-0.1, -0.05) is 55.4 Å². The number of carbonyl (C=O) groups is 1. The minimum absolute atomic E-state index is 0.0968. The molecule has 8 heteroatoms. The number of thioether (sulfide) groups is 1. The number of halogens is 1. The second-order valence-corrected chi connectivity index (χ2v) is 9.48. The van der Waals surface area contributed by atoms with Crippen LogP contribution in [-0.2, 0) is 11.3 Å². The molecule has 1 N–H and O–H groups in total. The molecule has 0 saturated carbocycles. The van der Waals surface area contributed by atoms with E-state index in [1.54, 1.807) is 16.7 Å². The molecule has 0 atom stereocenters. The monoisotopic (exact) mass is 469 g/mol.